The van der Waals surface area contributed by atoms with E-state index in [0.717, 1.165) is 0 Å². The van der Waals surface area contributed by atoms with Crippen LogP contribution in [0.15, 0.2) is 35.8 Å². The lowest BCUT2D eigenvalue weighted by Crippen LogP contribution is -2.12. The molecule has 7 heteroatoms. The number of rotatable bonds is 3. The molecule has 0 aliphatic heterocycles. The number of benzene rings is 1. The van der Waals surface area contributed by atoms with Gasteiger partial charge < -0.3 is 5.73 Å². The molecule has 5 nitrogen and oxygen atoms in total. The van der Waals surface area contributed by atoms with E-state index in [1.54, 1.807) is 12.1 Å². The predicted octanol–water partition coefficient (Wildman–Crippen LogP) is 1.63. The van der Waals surface area contributed by atoms with Gasteiger partial charge in [-0.15, -0.1) is 11.6 Å². The number of halogens is 2. The first-order valence-corrected chi connectivity index (χ1v) is 5.27. The second-order valence-electron chi connectivity index (χ2n) is 3.21. The van der Waals surface area contributed by atoms with Gasteiger partial charge in [-0.25, -0.2) is 19.0 Å². The first kappa shape index (κ1) is 11.5. The van der Waals surface area contributed by atoms with Crippen LogP contribution in [0.5, 0.6) is 0 Å². The Kier molecular flexibility index (Phi) is 3.34. The molecule has 0 saturated heterocycles. The Morgan fingerprint density at radius 3 is 2.94 bits per heavy atom. The normalized spacial score (nSPS) is 11.8. The topological polar surface area (TPSA) is 69.1 Å². The third-order valence-electron chi connectivity index (χ3n) is 2.01. The summed E-state index contributed by atoms with van der Waals surface area (Å²) in [5, 5.41) is 3.84. The summed E-state index contributed by atoms with van der Waals surface area (Å²) in [6, 6.07) is 4.43. The predicted molar refractivity (Wildman–Crippen MR) is 63.3 cm³/mol. The number of nitrogens with zero attached hydrogens (tertiary/aromatic N) is 4. The molecule has 0 unspecified atom stereocenters. The minimum Gasteiger partial charge on any atom is -0.386 e. The lowest BCUT2D eigenvalue weighted by atomic mass is 10.2. The minimum atomic E-state index is -0.459. The first-order valence-electron chi connectivity index (χ1n) is 4.74. The molecule has 0 amide bonds. The fourth-order valence-corrected chi connectivity index (χ4v) is 1.34. The lowest BCUT2D eigenvalue weighted by Gasteiger charge is -2.03. The third kappa shape index (κ3) is 2.59. The van der Waals surface area contributed by atoms with Crippen LogP contribution >= 0.6 is 11.6 Å². The van der Waals surface area contributed by atoms with Gasteiger partial charge in [-0.3, -0.25) is 0 Å². The van der Waals surface area contributed by atoms with Crippen molar-refractivity contribution in [1.29, 1.82) is 0 Å². The molecule has 0 atom stereocenters. The summed E-state index contributed by atoms with van der Waals surface area (Å²) in [4.78, 5) is 7.68. The maximum Gasteiger partial charge on any atom is 0.151 e. The molecule has 1 aromatic heterocycles. The van der Waals surface area contributed by atoms with Gasteiger partial charge in [0, 0.05) is 6.07 Å². The van der Waals surface area contributed by atoms with Gasteiger partial charge in [0.15, 0.2) is 5.82 Å². The van der Waals surface area contributed by atoms with E-state index >= 15 is 0 Å². The van der Waals surface area contributed by atoms with Crippen molar-refractivity contribution in [2.75, 3.05) is 5.88 Å². The Morgan fingerprint density at radius 1 is 1.53 bits per heavy atom. The maximum absolute atomic E-state index is 13.7. The van der Waals surface area contributed by atoms with Gasteiger partial charge in [0.1, 0.15) is 24.2 Å². The summed E-state index contributed by atoms with van der Waals surface area (Å²) >= 11 is 5.48. The van der Waals surface area contributed by atoms with Crippen molar-refractivity contribution in [3.05, 3.63) is 36.7 Å². The average molecular weight is 254 g/mol. The van der Waals surface area contributed by atoms with Gasteiger partial charge in [0.2, 0.25) is 0 Å². The summed E-state index contributed by atoms with van der Waals surface area (Å²) in [6.45, 7) is 0. The minimum absolute atomic E-state index is 0.104. The van der Waals surface area contributed by atoms with Gasteiger partial charge in [0.25, 0.3) is 0 Å². The molecular formula is C10H9ClFN5. The molecule has 0 radical (unpaired) electrons. The van der Waals surface area contributed by atoms with Crippen LogP contribution in [0.4, 0.5) is 10.1 Å². The van der Waals surface area contributed by atoms with E-state index < -0.39 is 5.82 Å². The van der Waals surface area contributed by atoms with E-state index in [9.17, 15) is 4.39 Å². The highest BCUT2D eigenvalue weighted by Gasteiger charge is 2.06. The van der Waals surface area contributed by atoms with Crippen LogP contribution in [-0.2, 0) is 0 Å². The highest BCUT2D eigenvalue weighted by Crippen LogP contribution is 2.19. The third-order valence-corrected chi connectivity index (χ3v) is 2.28. The van der Waals surface area contributed by atoms with Gasteiger partial charge in [0.05, 0.1) is 11.6 Å². The molecule has 0 saturated carbocycles. The molecule has 0 fully saturated rings. The van der Waals surface area contributed by atoms with Crippen molar-refractivity contribution in [2.45, 2.75) is 0 Å². The van der Waals surface area contributed by atoms with Crippen LogP contribution in [0.3, 0.4) is 0 Å². The maximum atomic E-state index is 13.7. The highest BCUT2D eigenvalue weighted by molar-refractivity contribution is 6.28. The van der Waals surface area contributed by atoms with E-state index in [2.05, 4.69) is 15.1 Å². The Hall–Kier alpha value is -1.95. The van der Waals surface area contributed by atoms with Crippen molar-refractivity contribution in [3.63, 3.8) is 0 Å². The zero-order valence-electron chi connectivity index (χ0n) is 8.72. The second kappa shape index (κ2) is 4.92. The Bertz CT molecular complexity index is 538. The van der Waals surface area contributed by atoms with Gasteiger partial charge in [-0.05, 0) is 12.1 Å². The number of nitrogens with two attached hydrogens (primary N) is 1. The standard InChI is InChI=1S/C10H9ClFN5/c11-4-10(13)16-7-1-2-9(8(12)3-7)17-6-14-5-15-17/h1-3,5-6H,4H2,(H2,13,16). The molecule has 0 aliphatic carbocycles. The number of aromatic nitrogens is 3. The van der Waals surface area contributed by atoms with Crippen molar-refractivity contribution < 1.29 is 4.39 Å². The van der Waals surface area contributed by atoms with E-state index in [-0.39, 0.29) is 11.7 Å². The Labute approximate surface area is 102 Å². The van der Waals surface area contributed by atoms with Crippen molar-refractivity contribution in [2.24, 2.45) is 10.7 Å². The Morgan fingerprint density at radius 2 is 2.35 bits per heavy atom. The number of alkyl halides is 1. The summed E-state index contributed by atoms with van der Waals surface area (Å²) in [5.41, 5.74) is 6.16. The van der Waals surface area contributed by atoms with Crippen LogP contribution < -0.4 is 5.73 Å². The molecule has 0 spiro atoms. The summed E-state index contributed by atoms with van der Waals surface area (Å²) in [7, 11) is 0. The molecule has 0 aliphatic rings. The van der Waals surface area contributed by atoms with Crippen LogP contribution in [0.1, 0.15) is 0 Å². The van der Waals surface area contributed by atoms with Gasteiger partial charge >= 0.3 is 0 Å². The second-order valence-corrected chi connectivity index (χ2v) is 3.48. The average Bonchev–Trinajstić information content (AvgIpc) is 2.82. The first-order chi connectivity index (χ1) is 8.20. The summed E-state index contributed by atoms with van der Waals surface area (Å²) in [5.74, 6) is -0.120. The number of hydrogen-bond acceptors (Lipinski definition) is 3. The SMILES string of the molecule is NC(CCl)=Nc1ccc(-n2cncn2)c(F)c1. The van der Waals surface area contributed by atoms with E-state index in [1.165, 1.54) is 23.4 Å². The molecule has 1 heterocycles. The lowest BCUT2D eigenvalue weighted by molar-refractivity contribution is 0.611. The quantitative estimate of drug-likeness (QED) is 0.514. The van der Waals surface area contributed by atoms with Crippen molar-refractivity contribution in [1.82, 2.24) is 14.8 Å². The number of hydrogen-bond donors (Lipinski definition) is 1. The van der Waals surface area contributed by atoms with Gasteiger partial charge in [-0.2, -0.15) is 5.10 Å². The molecule has 1 aromatic carbocycles. The largest absolute Gasteiger partial charge is 0.386 e. The smallest absolute Gasteiger partial charge is 0.151 e. The van der Waals surface area contributed by atoms with Crippen LogP contribution in [0, 0.1) is 5.82 Å². The Balaban J connectivity index is 2.36. The van der Waals surface area contributed by atoms with Crippen molar-refractivity contribution in [3.8, 4) is 5.69 Å². The molecule has 2 rings (SSSR count). The van der Waals surface area contributed by atoms with Crippen LogP contribution in [-0.4, -0.2) is 26.5 Å². The molecule has 2 N–H and O–H groups in total. The van der Waals surface area contributed by atoms with Gasteiger partial charge in [-0.1, -0.05) is 0 Å². The number of aliphatic imine (C=N–C) groups is 1. The molecule has 2 aromatic rings. The molecule has 17 heavy (non-hydrogen) atoms. The highest BCUT2D eigenvalue weighted by atomic mass is 35.5. The fourth-order valence-electron chi connectivity index (χ4n) is 1.28. The zero-order chi connectivity index (χ0) is 12.3. The summed E-state index contributed by atoms with van der Waals surface area (Å²) < 4.78 is 15.1. The fraction of sp³-hybridized carbons (Fsp3) is 0.100. The molecular weight excluding hydrogens is 245 g/mol. The molecule has 88 valence electrons. The van der Waals surface area contributed by atoms with E-state index in [0.29, 0.717) is 11.4 Å². The monoisotopic (exact) mass is 253 g/mol. The van der Waals surface area contributed by atoms with E-state index in [1.807, 2.05) is 0 Å². The van der Waals surface area contributed by atoms with Crippen LogP contribution in [0.2, 0.25) is 0 Å². The van der Waals surface area contributed by atoms with E-state index in [4.69, 9.17) is 17.3 Å². The van der Waals surface area contributed by atoms with Crippen LogP contribution in [0.25, 0.3) is 5.69 Å². The van der Waals surface area contributed by atoms with Crippen molar-refractivity contribution >= 4 is 23.1 Å². The molecule has 0 bridgehead atoms. The zero-order valence-corrected chi connectivity index (χ0v) is 9.47. The number of amidine groups is 1. The summed E-state index contributed by atoms with van der Waals surface area (Å²) in [6.07, 6.45) is 2.74.